The zero-order valence-corrected chi connectivity index (χ0v) is 31.8. The van der Waals surface area contributed by atoms with Gasteiger partial charge in [0, 0.05) is 55.7 Å². The summed E-state index contributed by atoms with van der Waals surface area (Å²) in [5.74, 6) is 0.846. The van der Waals surface area contributed by atoms with E-state index in [1.807, 2.05) is 56.1 Å². The number of anilines is 1. The monoisotopic (exact) mass is 743 g/mol. The van der Waals surface area contributed by atoms with Crippen LogP contribution in [0.1, 0.15) is 84.7 Å². The Morgan fingerprint density at radius 3 is 2.60 bits per heavy atom. The number of rotatable bonds is 9. The normalized spacial score (nSPS) is 16.0. The zero-order chi connectivity index (χ0) is 38.4. The highest BCUT2D eigenvalue weighted by Crippen LogP contribution is 2.34. The number of piperidine rings is 1. The fraction of sp³-hybridized carbons (Fsp3) is 0.400. The molecule has 284 valence electrons. The van der Waals surface area contributed by atoms with Crippen LogP contribution in [-0.2, 0) is 30.2 Å². The van der Waals surface area contributed by atoms with Gasteiger partial charge in [-0.2, -0.15) is 15.2 Å². The van der Waals surface area contributed by atoms with Gasteiger partial charge in [0.15, 0.2) is 5.82 Å². The Balaban J connectivity index is 0.874. The van der Waals surface area contributed by atoms with E-state index in [0.717, 1.165) is 77.7 Å². The molecule has 0 radical (unpaired) electrons. The summed E-state index contributed by atoms with van der Waals surface area (Å²) in [7, 11) is 1.90. The number of carbonyl (C=O) groups excluding carboxylic acids is 3. The first-order valence-corrected chi connectivity index (χ1v) is 18.8. The van der Waals surface area contributed by atoms with Gasteiger partial charge >= 0.3 is 6.03 Å². The standard InChI is InChI=1S/C40H45N11O4/c1-24-18-28(6-7-29(24)21-41-37(53)35-45-38(55-47-35)40(2,3)4)34-32-19-25(22-51(32)43-23-42-34)10-14-49-15-11-26(12-16-49)27-8-9-30-31(20-27)48(5)46-36(30)50-17-13-33(52)44-39(50)54/h6-9,18-20,22-23,26H,10-17,21H2,1-5H3,(H,41,53)(H,44,52,54). The number of benzene rings is 2. The maximum absolute atomic E-state index is 12.7. The van der Waals surface area contributed by atoms with Crippen molar-refractivity contribution in [2.24, 2.45) is 7.05 Å². The molecule has 4 aromatic heterocycles. The van der Waals surface area contributed by atoms with Crippen molar-refractivity contribution in [3.8, 4) is 11.3 Å². The highest BCUT2D eigenvalue weighted by atomic mass is 16.5. The Bertz CT molecular complexity index is 2430. The molecule has 0 bridgehead atoms. The van der Waals surface area contributed by atoms with Crippen molar-refractivity contribution in [2.45, 2.75) is 71.3 Å². The third-order valence-electron chi connectivity index (χ3n) is 10.7. The van der Waals surface area contributed by atoms with E-state index >= 15 is 0 Å². The second kappa shape index (κ2) is 14.4. The third kappa shape index (κ3) is 7.31. The van der Waals surface area contributed by atoms with Crippen molar-refractivity contribution in [1.82, 2.24) is 50.1 Å². The molecule has 8 rings (SSSR count). The lowest BCUT2D eigenvalue weighted by molar-refractivity contribution is -0.120. The van der Waals surface area contributed by atoms with Crippen LogP contribution in [0.2, 0.25) is 0 Å². The average molecular weight is 744 g/mol. The van der Waals surface area contributed by atoms with Crippen LogP contribution in [0.5, 0.6) is 0 Å². The molecule has 15 heteroatoms. The Hall–Kier alpha value is -5.96. The number of aromatic nitrogens is 7. The summed E-state index contributed by atoms with van der Waals surface area (Å²) in [6.45, 7) is 11.5. The minimum atomic E-state index is -0.423. The van der Waals surface area contributed by atoms with Crippen LogP contribution in [0, 0.1) is 6.92 Å². The first kappa shape index (κ1) is 36.0. The van der Waals surface area contributed by atoms with E-state index in [4.69, 9.17) is 4.52 Å². The van der Waals surface area contributed by atoms with Crippen LogP contribution in [0.25, 0.3) is 27.7 Å². The van der Waals surface area contributed by atoms with Gasteiger partial charge in [0.1, 0.15) is 6.33 Å². The van der Waals surface area contributed by atoms with Crippen molar-refractivity contribution >= 4 is 40.1 Å². The molecule has 2 saturated heterocycles. The Morgan fingerprint density at radius 2 is 1.85 bits per heavy atom. The molecule has 4 amide bonds. The molecule has 15 nitrogen and oxygen atoms in total. The number of amides is 4. The number of likely N-dealkylation sites (tertiary alicyclic amines) is 1. The average Bonchev–Trinajstić information content (AvgIpc) is 3.91. The van der Waals surface area contributed by atoms with E-state index in [-0.39, 0.29) is 29.5 Å². The number of aryl methyl sites for hydroxylation is 2. The fourth-order valence-corrected chi connectivity index (χ4v) is 7.51. The largest absolute Gasteiger partial charge is 0.345 e. The molecule has 0 atom stereocenters. The van der Waals surface area contributed by atoms with Crippen molar-refractivity contribution in [2.75, 3.05) is 31.1 Å². The molecule has 2 aromatic carbocycles. The van der Waals surface area contributed by atoms with Gasteiger partial charge in [0.05, 0.1) is 16.7 Å². The smallest absolute Gasteiger partial charge is 0.329 e. The maximum atomic E-state index is 12.7. The van der Waals surface area contributed by atoms with Gasteiger partial charge in [-0.3, -0.25) is 24.5 Å². The number of hydrogen-bond donors (Lipinski definition) is 2. The molecule has 0 aliphatic carbocycles. The van der Waals surface area contributed by atoms with Crippen LogP contribution >= 0.6 is 0 Å². The van der Waals surface area contributed by atoms with E-state index in [0.29, 0.717) is 30.7 Å². The summed E-state index contributed by atoms with van der Waals surface area (Å²) < 4.78 is 9.00. The van der Waals surface area contributed by atoms with E-state index < -0.39 is 6.03 Å². The molecule has 0 saturated carbocycles. The lowest BCUT2D eigenvalue weighted by Gasteiger charge is -2.32. The van der Waals surface area contributed by atoms with Gasteiger partial charge < -0.3 is 14.7 Å². The highest BCUT2D eigenvalue weighted by Gasteiger charge is 2.29. The Morgan fingerprint density at radius 1 is 1.04 bits per heavy atom. The molecule has 6 heterocycles. The topological polar surface area (TPSA) is 169 Å². The molecule has 2 aliphatic rings. The second-order valence-corrected chi connectivity index (χ2v) is 15.6. The minimum Gasteiger partial charge on any atom is -0.345 e. The zero-order valence-electron chi connectivity index (χ0n) is 31.8. The molecular formula is C40H45N11O4. The van der Waals surface area contributed by atoms with Gasteiger partial charge in [-0.25, -0.2) is 14.3 Å². The van der Waals surface area contributed by atoms with Crippen LogP contribution in [0.4, 0.5) is 10.6 Å². The van der Waals surface area contributed by atoms with E-state index in [1.54, 1.807) is 11.2 Å². The number of imide groups is 1. The second-order valence-electron chi connectivity index (χ2n) is 15.6. The number of nitrogens with zero attached hydrogens (tertiary/aromatic N) is 9. The van der Waals surface area contributed by atoms with Crippen molar-refractivity contribution in [3.63, 3.8) is 0 Å². The first-order valence-electron chi connectivity index (χ1n) is 18.8. The van der Waals surface area contributed by atoms with E-state index in [2.05, 4.69) is 77.4 Å². The molecule has 6 aromatic rings. The lowest BCUT2D eigenvalue weighted by Crippen LogP contribution is -2.49. The predicted octanol–water partition coefficient (Wildman–Crippen LogP) is 5.07. The Kier molecular flexibility index (Phi) is 9.41. The molecule has 2 N–H and O–H groups in total. The molecule has 0 spiro atoms. The summed E-state index contributed by atoms with van der Waals surface area (Å²) >= 11 is 0. The number of nitrogens with one attached hydrogen (secondary N) is 2. The van der Waals surface area contributed by atoms with Gasteiger partial charge in [-0.15, -0.1) is 0 Å². The van der Waals surface area contributed by atoms with Crippen LogP contribution in [-0.4, -0.2) is 83.4 Å². The van der Waals surface area contributed by atoms with Crippen molar-refractivity contribution < 1.29 is 18.9 Å². The summed E-state index contributed by atoms with van der Waals surface area (Å²) in [5, 5.41) is 19.2. The lowest BCUT2D eigenvalue weighted by atomic mass is 9.89. The fourth-order valence-electron chi connectivity index (χ4n) is 7.51. The van der Waals surface area contributed by atoms with Crippen LogP contribution in [0.3, 0.4) is 0 Å². The molecule has 2 fully saturated rings. The number of carbonyl (C=O) groups is 3. The van der Waals surface area contributed by atoms with Gasteiger partial charge in [-0.1, -0.05) is 44.1 Å². The summed E-state index contributed by atoms with van der Waals surface area (Å²) in [6.07, 6.45) is 6.98. The van der Waals surface area contributed by atoms with Gasteiger partial charge in [0.25, 0.3) is 11.7 Å². The first-order chi connectivity index (χ1) is 26.4. The van der Waals surface area contributed by atoms with Crippen LogP contribution < -0.4 is 15.5 Å². The summed E-state index contributed by atoms with van der Waals surface area (Å²) in [4.78, 5) is 49.9. The molecule has 2 aliphatic heterocycles. The van der Waals surface area contributed by atoms with Gasteiger partial charge in [0.2, 0.25) is 11.8 Å². The Labute approximate surface area is 318 Å². The SMILES string of the molecule is Cc1cc(-c2ncnn3cc(CCN4CCC(c5ccc6c(N7CCC(=O)NC7=O)nn(C)c6c5)CC4)cc23)ccc1CNC(=O)c1noc(C(C)(C)C)n1. The number of hydrogen-bond acceptors (Lipinski definition) is 10. The number of urea groups is 1. The number of fused-ring (bicyclic) bond motifs is 2. The van der Waals surface area contributed by atoms with Crippen molar-refractivity contribution in [3.05, 3.63) is 89.0 Å². The third-order valence-corrected chi connectivity index (χ3v) is 10.7. The van der Waals surface area contributed by atoms with Gasteiger partial charge in [-0.05, 0) is 91.7 Å². The highest BCUT2D eigenvalue weighted by molar-refractivity contribution is 6.08. The maximum Gasteiger partial charge on any atom is 0.329 e. The molecule has 0 unspecified atom stereocenters. The molecule has 55 heavy (non-hydrogen) atoms. The van der Waals surface area contributed by atoms with E-state index in [9.17, 15) is 14.4 Å². The van der Waals surface area contributed by atoms with Crippen LogP contribution in [0.15, 0.2) is 59.5 Å². The van der Waals surface area contributed by atoms with Crippen molar-refractivity contribution in [1.29, 1.82) is 0 Å². The quantitative estimate of drug-likeness (QED) is 0.204. The van der Waals surface area contributed by atoms with E-state index in [1.165, 1.54) is 11.1 Å². The summed E-state index contributed by atoms with van der Waals surface area (Å²) in [5.41, 5.74) is 7.94. The minimum absolute atomic E-state index is 0.0263. The predicted molar refractivity (Wildman–Crippen MR) is 206 cm³/mol. The summed E-state index contributed by atoms with van der Waals surface area (Å²) in [6, 6.07) is 14.3. The molecular weight excluding hydrogens is 699 g/mol.